The lowest BCUT2D eigenvalue weighted by molar-refractivity contribution is -0.166. The summed E-state index contributed by atoms with van der Waals surface area (Å²) in [5, 5.41) is 2.84. The second-order valence-electron chi connectivity index (χ2n) is 10.8. The van der Waals surface area contributed by atoms with E-state index in [0.29, 0.717) is 30.7 Å². The molecule has 1 unspecified atom stereocenters. The zero-order valence-electron chi connectivity index (χ0n) is 20.8. The number of rotatable bonds is 7. The molecule has 2 heterocycles. The van der Waals surface area contributed by atoms with Gasteiger partial charge in [-0.3, -0.25) is 14.6 Å². The van der Waals surface area contributed by atoms with Gasteiger partial charge in [0.05, 0.1) is 13.0 Å². The van der Waals surface area contributed by atoms with Crippen molar-refractivity contribution in [3.63, 3.8) is 0 Å². The standard InChI is InChI=1S/C26H37F4N3O2/c1-17(2)33-9-8-32(15-18(33)3)23-6-7-25(35-16-23,21-4-5-21)24(34)31-14-20-10-19(11-22(27)12-20)13-26(28,29)30/h10-12,17-18,21,23H,4-9,13-16H2,1-3H3,(H,31,34)/t18?,23-,25+/m1/s1. The van der Waals surface area contributed by atoms with Gasteiger partial charge in [0, 0.05) is 44.3 Å². The monoisotopic (exact) mass is 499 g/mol. The molecular weight excluding hydrogens is 462 g/mol. The van der Waals surface area contributed by atoms with E-state index in [0.717, 1.165) is 45.0 Å². The normalized spacial score (nSPS) is 28.9. The van der Waals surface area contributed by atoms with Crippen molar-refractivity contribution in [1.29, 1.82) is 0 Å². The summed E-state index contributed by atoms with van der Waals surface area (Å²) in [5.74, 6) is -0.817. The molecule has 1 N–H and O–H groups in total. The minimum Gasteiger partial charge on any atom is -0.363 e. The molecule has 4 rings (SSSR count). The predicted molar refractivity (Wildman–Crippen MR) is 125 cm³/mol. The van der Waals surface area contributed by atoms with Gasteiger partial charge in [-0.2, -0.15) is 13.2 Å². The third-order valence-corrected chi connectivity index (χ3v) is 7.77. The number of alkyl halides is 3. The van der Waals surface area contributed by atoms with Crippen molar-refractivity contribution in [3.05, 3.63) is 35.1 Å². The highest BCUT2D eigenvalue weighted by molar-refractivity contribution is 5.86. The fourth-order valence-corrected chi connectivity index (χ4v) is 5.89. The fourth-order valence-electron chi connectivity index (χ4n) is 5.89. The van der Waals surface area contributed by atoms with Gasteiger partial charge in [0.2, 0.25) is 0 Å². The molecule has 3 aliphatic rings. The van der Waals surface area contributed by atoms with Crippen LogP contribution in [0.2, 0.25) is 0 Å². The summed E-state index contributed by atoms with van der Waals surface area (Å²) in [6, 6.07) is 4.62. The highest BCUT2D eigenvalue weighted by Gasteiger charge is 2.54. The quantitative estimate of drug-likeness (QED) is 0.569. The molecule has 9 heteroatoms. The second kappa shape index (κ2) is 10.3. The Morgan fingerprint density at radius 3 is 2.46 bits per heavy atom. The van der Waals surface area contributed by atoms with E-state index in [9.17, 15) is 22.4 Å². The van der Waals surface area contributed by atoms with Gasteiger partial charge in [0.1, 0.15) is 11.4 Å². The Balaban J connectivity index is 1.35. The van der Waals surface area contributed by atoms with E-state index < -0.39 is 24.0 Å². The van der Waals surface area contributed by atoms with Gasteiger partial charge in [-0.05, 0) is 75.6 Å². The third-order valence-electron chi connectivity index (χ3n) is 7.77. The number of hydrogen-bond donors (Lipinski definition) is 1. The third kappa shape index (κ3) is 6.35. The van der Waals surface area contributed by atoms with Crippen LogP contribution in [0.15, 0.2) is 18.2 Å². The van der Waals surface area contributed by atoms with E-state index in [4.69, 9.17) is 4.74 Å². The molecule has 3 fully saturated rings. The van der Waals surface area contributed by atoms with E-state index in [1.807, 2.05) is 0 Å². The largest absolute Gasteiger partial charge is 0.393 e. The Morgan fingerprint density at radius 2 is 1.89 bits per heavy atom. The number of carbonyl (C=O) groups excluding carboxylic acids is 1. The maximum absolute atomic E-state index is 13.9. The molecule has 1 amide bonds. The minimum atomic E-state index is -4.42. The molecule has 1 aromatic rings. The van der Waals surface area contributed by atoms with Gasteiger partial charge in [0.25, 0.3) is 5.91 Å². The first kappa shape index (κ1) is 26.4. The van der Waals surface area contributed by atoms with Crippen LogP contribution >= 0.6 is 0 Å². The molecule has 5 nitrogen and oxygen atoms in total. The van der Waals surface area contributed by atoms with Gasteiger partial charge in [-0.25, -0.2) is 4.39 Å². The molecule has 35 heavy (non-hydrogen) atoms. The van der Waals surface area contributed by atoms with Crippen molar-refractivity contribution < 1.29 is 27.1 Å². The molecule has 1 aromatic carbocycles. The summed E-state index contributed by atoms with van der Waals surface area (Å²) in [5.41, 5.74) is -0.735. The first-order valence-corrected chi connectivity index (χ1v) is 12.7. The topological polar surface area (TPSA) is 44.8 Å². The Labute approximate surface area is 205 Å². The lowest BCUT2D eigenvalue weighted by Crippen LogP contribution is -2.61. The Hall–Kier alpha value is -1.71. The summed E-state index contributed by atoms with van der Waals surface area (Å²) in [6.45, 7) is 10.1. The Morgan fingerprint density at radius 1 is 1.17 bits per heavy atom. The second-order valence-corrected chi connectivity index (χ2v) is 10.8. The summed E-state index contributed by atoms with van der Waals surface area (Å²) in [4.78, 5) is 18.3. The molecule has 2 saturated heterocycles. The van der Waals surface area contributed by atoms with Crippen molar-refractivity contribution in [3.8, 4) is 0 Å². The van der Waals surface area contributed by atoms with Crippen LogP contribution in [0.5, 0.6) is 0 Å². The van der Waals surface area contributed by atoms with Crippen LogP contribution in [-0.2, 0) is 22.5 Å². The van der Waals surface area contributed by atoms with Crippen LogP contribution in [0.1, 0.15) is 57.6 Å². The molecule has 2 aliphatic heterocycles. The maximum atomic E-state index is 13.9. The number of hydrogen-bond acceptors (Lipinski definition) is 4. The molecule has 3 atom stereocenters. The predicted octanol–water partition coefficient (Wildman–Crippen LogP) is 4.29. The summed E-state index contributed by atoms with van der Waals surface area (Å²) in [6.07, 6.45) is -2.28. The van der Waals surface area contributed by atoms with Crippen molar-refractivity contribution in [2.45, 2.75) is 89.3 Å². The van der Waals surface area contributed by atoms with Crippen molar-refractivity contribution in [2.24, 2.45) is 5.92 Å². The molecule has 1 aliphatic carbocycles. The molecular formula is C26H37F4N3O2. The molecule has 1 saturated carbocycles. The maximum Gasteiger partial charge on any atom is 0.393 e. The van der Waals surface area contributed by atoms with Gasteiger partial charge >= 0.3 is 6.18 Å². The molecule has 196 valence electrons. The number of nitrogens with zero attached hydrogens (tertiary/aromatic N) is 2. The van der Waals surface area contributed by atoms with Crippen LogP contribution < -0.4 is 5.32 Å². The average molecular weight is 500 g/mol. The van der Waals surface area contributed by atoms with E-state index in [1.54, 1.807) is 0 Å². The number of halogens is 4. The SMILES string of the molecule is CC(C)N1CCN([C@@H]2CC[C@@](C(=O)NCc3cc(F)cc(CC(F)(F)F)c3)(C3CC3)OC2)CC1C. The zero-order chi connectivity index (χ0) is 25.4. The summed E-state index contributed by atoms with van der Waals surface area (Å²) < 4.78 is 58.4. The first-order chi connectivity index (χ1) is 16.5. The molecule has 0 radical (unpaired) electrons. The number of ether oxygens (including phenoxy) is 1. The number of piperazine rings is 1. The lowest BCUT2D eigenvalue weighted by Gasteiger charge is -2.48. The Kier molecular flexibility index (Phi) is 7.79. The van der Waals surface area contributed by atoms with Crippen LogP contribution in [0.4, 0.5) is 17.6 Å². The van der Waals surface area contributed by atoms with Gasteiger partial charge in [0.15, 0.2) is 0 Å². The Bertz CT molecular complexity index is 895. The lowest BCUT2D eigenvalue weighted by atomic mass is 9.85. The number of carbonyl (C=O) groups is 1. The minimum absolute atomic E-state index is 0.0304. The van der Waals surface area contributed by atoms with Crippen LogP contribution in [0.25, 0.3) is 0 Å². The van der Waals surface area contributed by atoms with Gasteiger partial charge < -0.3 is 10.1 Å². The van der Waals surface area contributed by atoms with Gasteiger partial charge in [-0.1, -0.05) is 6.07 Å². The van der Waals surface area contributed by atoms with E-state index >= 15 is 0 Å². The van der Waals surface area contributed by atoms with E-state index in [2.05, 4.69) is 35.9 Å². The summed E-state index contributed by atoms with van der Waals surface area (Å²) >= 11 is 0. The van der Waals surface area contributed by atoms with Gasteiger partial charge in [-0.15, -0.1) is 0 Å². The molecule has 0 bridgehead atoms. The van der Waals surface area contributed by atoms with E-state index in [-0.39, 0.29) is 30.0 Å². The van der Waals surface area contributed by atoms with Crippen molar-refractivity contribution >= 4 is 5.91 Å². The zero-order valence-corrected chi connectivity index (χ0v) is 20.8. The van der Waals surface area contributed by atoms with Crippen LogP contribution in [-0.4, -0.2) is 71.9 Å². The number of nitrogens with one attached hydrogen (secondary N) is 1. The smallest absolute Gasteiger partial charge is 0.363 e. The van der Waals surface area contributed by atoms with Crippen molar-refractivity contribution in [1.82, 2.24) is 15.1 Å². The average Bonchev–Trinajstić information content (AvgIpc) is 3.61. The highest BCUT2D eigenvalue weighted by Crippen LogP contribution is 2.47. The summed E-state index contributed by atoms with van der Waals surface area (Å²) in [7, 11) is 0. The van der Waals surface area contributed by atoms with Crippen LogP contribution in [0, 0.1) is 11.7 Å². The molecule has 0 spiro atoms. The van der Waals surface area contributed by atoms with Crippen LogP contribution in [0.3, 0.4) is 0 Å². The number of benzene rings is 1. The first-order valence-electron chi connectivity index (χ1n) is 12.7. The molecule has 0 aromatic heterocycles. The van der Waals surface area contributed by atoms with Crippen molar-refractivity contribution in [2.75, 3.05) is 26.2 Å². The fraction of sp³-hybridized carbons (Fsp3) is 0.731. The van der Waals surface area contributed by atoms with E-state index in [1.165, 1.54) is 12.1 Å². The highest BCUT2D eigenvalue weighted by atomic mass is 19.4. The number of amides is 1.